The molecule has 0 amide bonds. The fourth-order valence-corrected chi connectivity index (χ4v) is 4.86. The summed E-state index contributed by atoms with van der Waals surface area (Å²) in [7, 11) is 0. The third-order valence-corrected chi connectivity index (χ3v) is 7.15. The Kier molecular flexibility index (Phi) is 10.8. The van der Waals surface area contributed by atoms with Crippen LogP contribution in [0.5, 0.6) is 0 Å². The van der Waals surface area contributed by atoms with E-state index in [1.54, 1.807) is 6.08 Å². The first-order chi connectivity index (χ1) is 22.2. The van der Waals surface area contributed by atoms with E-state index in [4.69, 9.17) is 0 Å². The quantitative estimate of drug-likeness (QED) is 0.124. The highest BCUT2D eigenvalue weighted by Crippen LogP contribution is 2.32. The van der Waals surface area contributed by atoms with Crippen molar-refractivity contribution in [3.63, 3.8) is 0 Å². The normalized spacial score (nSPS) is 13.0. The van der Waals surface area contributed by atoms with Crippen molar-refractivity contribution in [2.24, 2.45) is 0 Å². The summed E-state index contributed by atoms with van der Waals surface area (Å²) in [5.74, 6) is -1.01. The van der Waals surface area contributed by atoms with Crippen molar-refractivity contribution in [2.45, 2.75) is 0 Å². The molecule has 0 spiro atoms. The lowest BCUT2D eigenvalue weighted by Gasteiger charge is -2.15. The second-order valence-electron chi connectivity index (χ2n) is 10.3. The van der Waals surface area contributed by atoms with Gasteiger partial charge in [-0.05, 0) is 50.6 Å². The Balaban J connectivity index is 1.82. The fourth-order valence-electron chi connectivity index (χ4n) is 4.86. The zero-order valence-electron chi connectivity index (χ0n) is 24.9. The average molecular weight is 583 g/mol. The number of hydrogen-bond donors (Lipinski definition) is 1. The lowest BCUT2D eigenvalue weighted by Crippen LogP contribution is -2.04. The molecular weight excluding hydrogens is 548 g/mol. The largest absolute Gasteiger partial charge is 0.478 e. The van der Waals surface area contributed by atoms with Crippen molar-refractivity contribution in [3.05, 3.63) is 220 Å². The van der Waals surface area contributed by atoms with Crippen LogP contribution < -0.4 is 0 Å². The van der Waals surface area contributed by atoms with Crippen LogP contribution in [0.25, 0.3) is 29.9 Å². The first kappa shape index (κ1) is 30.5. The minimum atomic E-state index is -1.01. The van der Waals surface area contributed by atoms with Crippen LogP contribution >= 0.6 is 0 Å². The van der Waals surface area contributed by atoms with Gasteiger partial charge in [-0.25, -0.2) is 4.79 Å². The molecule has 0 saturated heterocycles. The molecule has 0 saturated carbocycles. The number of carboxylic acid groups (broad SMARTS) is 1. The second kappa shape index (κ2) is 16.0. The average Bonchev–Trinajstić information content (AvgIpc) is 3.10. The Morgan fingerprint density at radius 1 is 0.378 bits per heavy atom. The molecule has 2 heteroatoms. The lowest BCUT2D eigenvalue weighted by molar-refractivity contribution is -0.132. The monoisotopic (exact) mass is 582 g/mol. The maximum Gasteiger partial charge on any atom is 0.336 e. The van der Waals surface area contributed by atoms with Gasteiger partial charge < -0.3 is 5.11 Å². The molecule has 0 unspecified atom stereocenters. The highest BCUT2D eigenvalue weighted by atomic mass is 16.4. The molecule has 0 aliphatic heterocycles. The third-order valence-electron chi connectivity index (χ3n) is 7.15. The van der Waals surface area contributed by atoms with Gasteiger partial charge in [-0.3, -0.25) is 0 Å². The van der Waals surface area contributed by atoms with Crippen molar-refractivity contribution in [3.8, 4) is 0 Å². The third kappa shape index (κ3) is 9.00. The van der Waals surface area contributed by atoms with E-state index in [0.717, 1.165) is 39.0 Å². The Labute approximate surface area is 265 Å². The number of carboxylic acids is 1. The lowest BCUT2D eigenvalue weighted by atomic mass is 9.89. The predicted molar refractivity (Wildman–Crippen MR) is 190 cm³/mol. The number of hydrogen-bond acceptors (Lipinski definition) is 1. The minimum absolute atomic E-state index is 0.181. The van der Waals surface area contributed by atoms with E-state index in [1.807, 2.05) is 158 Å². The fraction of sp³-hybridized carbons (Fsp3) is 0. The Morgan fingerprint density at radius 3 is 1.07 bits per heavy atom. The molecule has 5 aromatic carbocycles. The Bertz CT molecular complexity index is 1860. The Morgan fingerprint density at radius 2 is 0.689 bits per heavy atom. The molecule has 0 radical (unpaired) electrons. The maximum absolute atomic E-state index is 13.1. The molecule has 0 atom stereocenters. The van der Waals surface area contributed by atoms with Gasteiger partial charge in [0.05, 0.1) is 5.57 Å². The topological polar surface area (TPSA) is 37.3 Å². The van der Waals surface area contributed by atoms with E-state index in [2.05, 4.69) is 36.4 Å². The highest BCUT2D eigenvalue weighted by molar-refractivity contribution is 5.97. The molecule has 0 bridgehead atoms. The van der Waals surface area contributed by atoms with Gasteiger partial charge in [-0.15, -0.1) is 0 Å². The zero-order valence-corrected chi connectivity index (χ0v) is 24.9. The van der Waals surface area contributed by atoms with Crippen LogP contribution in [0, 0.1) is 0 Å². The van der Waals surface area contributed by atoms with E-state index in [9.17, 15) is 9.90 Å². The summed E-state index contributed by atoms with van der Waals surface area (Å²) in [4.78, 5) is 13.1. The Hall–Kier alpha value is -5.99. The molecule has 0 aliphatic carbocycles. The van der Waals surface area contributed by atoms with Gasteiger partial charge >= 0.3 is 5.97 Å². The molecule has 218 valence electrons. The maximum atomic E-state index is 13.1. The van der Waals surface area contributed by atoms with E-state index in [-0.39, 0.29) is 5.57 Å². The van der Waals surface area contributed by atoms with E-state index in [1.165, 1.54) is 0 Å². The summed E-state index contributed by atoms with van der Waals surface area (Å²) in [5.41, 5.74) is 7.36. The number of rotatable bonds is 11. The standard InChI is InChI=1S/C43H34O2/c44-43(45)42(33-29-37-22-12-4-13-23-37)41(32-28-36-20-10-3-11-21-36)40(31-27-35-18-8-2-9-19-35)39(38-24-14-5-15-25-38)30-26-34-16-6-1-7-17-34/h1-33H,(H,44,45). The molecule has 5 aromatic rings. The molecule has 0 heterocycles. The summed E-state index contributed by atoms with van der Waals surface area (Å²) < 4.78 is 0. The first-order valence-electron chi connectivity index (χ1n) is 14.9. The molecule has 5 rings (SSSR count). The SMILES string of the molecule is O=C(O)C(C=Cc1ccccc1)=C(C=Cc1ccccc1)C(C=Cc1ccccc1)=C(C=Cc1ccccc1)c1ccccc1. The van der Waals surface area contributed by atoms with Gasteiger partial charge in [0.15, 0.2) is 0 Å². The van der Waals surface area contributed by atoms with Crippen LogP contribution in [-0.2, 0) is 4.79 Å². The van der Waals surface area contributed by atoms with Crippen LogP contribution in [0.15, 0.2) is 193 Å². The van der Waals surface area contributed by atoms with E-state index < -0.39 is 5.97 Å². The van der Waals surface area contributed by atoms with Crippen LogP contribution in [0.4, 0.5) is 0 Å². The molecule has 0 fully saturated rings. The molecule has 0 aromatic heterocycles. The van der Waals surface area contributed by atoms with Crippen LogP contribution in [0.1, 0.15) is 27.8 Å². The van der Waals surface area contributed by atoms with Gasteiger partial charge in [-0.1, -0.05) is 194 Å². The summed E-state index contributed by atoms with van der Waals surface area (Å²) in [6.07, 6.45) is 15.6. The predicted octanol–water partition coefficient (Wildman–Crippen LogP) is 10.7. The van der Waals surface area contributed by atoms with Gasteiger partial charge in [0, 0.05) is 0 Å². The van der Waals surface area contributed by atoms with E-state index >= 15 is 0 Å². The van der Waals surface area contributed by atoms with Crippen molar-refractivity contribution in [1.29, 1.82) is 0 Å². The summed E-state index contributed by atoms with van der Waals surface area (Å²) in [5, 5.41) is 10.7. The van der Waals surface area contributed by atoms with Crippen LogP contribution in [-0.4, -0.2) is 11.1 Å². The number of carbonyl (C=O) groups is 1. The van der Waals surface area contributed by atoms with Crippen LogP contribution in [0.2, 0.25) is 0 Å². The zero-order chi connectivity index (χ0) is 31.1. The summed E-state index contributed by atoms with van der Waals surface area (Å²) >= 11 is 0. The van der Waals surface area contributed by atoms with Crippen molar-refractivity contribution >= 4 is 35.8 Å². The molecule has 45 heavy (non-hydrogen) atoms. The second-order valence-corrected chi connectivity index (χ2v) is 10.3. The van der Waals surface area contributed by atoms with Gasteiger partial charge in [-0.2, -0.15) is 0 Å². The van der Waals surface area contributed by atoms with Gasteiger partial charge in [0.1, 0.15) is 0 Å². The number of benzene rings is 5. The van der Waals surface area contributed by atoms with Crippen molar-refractivity contribution in [1.82, 2.24) is 0 Å². The molecule has 0 aliphatic rings. The smallest absolute Gasteiger partial charge is 0.336 e. The molecule has 2 nitrogen and oxygen atoms in total. The summed E-state index contributed by atoms with van der Waals surface area (Å²) in [6.45, 7) is 0. The molecular formula is C43H34O2. The van der Waals surface area contributed by atoms with Crippen molar-refractivity contribution in [2.75, 3.05) is 0 Å². The first-order valence-corrected chi connectivity index (χ1v) is 14.9. The minimum Gasteiger partial charge on any atom is -0.478 e. The molecule has 1 N–H and O–H groups in total. The number of allylic oxidation sites excluding steroid dienone is 6. The van der Waals surface area contributed by atoms with Crippen molar-refractivity contribution < 1.29 is 9.90 Å². The summed E-state index contributed by atoms with van der Waals surface area (Å²) in [6, 6.07) is 49.9. The van der Waals surface area contributed by atoms with E-state index in [0.29, 0.717) is 5.57 Å². The van der Waals surface area contributed by atoms with Crippen LogP contribution in [0.3, 0.4) is 0 Å². The van der Waals surface area contributed by atoms with Gasteiger partial charge in [0.25, 0.3) is 0 Å². The number of aliphatic carboxylic acids is 1. The highest BCUT2D eigenvalue weighted by Gasteiger charge is 2.17. The van der Waals surface area contributed by atoms with Gasteiger partial charge in [0.2, 0.25) is 0 Å².